The van der Waals surface area contributed by atoms with Gasteiger partial charge in [0, 0.05) is 43.2 Å². The summed E-state index contributed by atoms with van der Waals surface area (Å²) < 4.78 is 13.1. The number of amides is 2. The molecular weight excluding hydrogens is 343 g/mol. The predicted octanol–water partition coefficient (Wildman–Crippen LogP) is 3.87. The van der Waals surface area contributed by atoms with Crippen LogP contribution in [0.4, 0.5) is 26.2 Å². The average molecular weight is 363 g/mol. The van der Waals surface area contributed by atoms with Crippen molar-refractivity contribution < 1.29 is 9.18 Å². The highest BCUT2D eigenvalue weighted by Crippen LogP contribution is 2.21. The van der Waals surface area contributed by atoms with Crippen LogP contribution in [0.15, 0.2) is 42.5 Å². The third-order valence-electron chi connectivity index (χ3n) is 4.17. The second kappa shape index (κ2) is 7.72. The summed E-state index contributed by atoms with van der Waals surface area (Å²) in [6.45, 7) is 4.08. The Morgan fingerprint density at radius 3 is 2.24 bits per heavy atom. The molecule has 2 N–H and O–H groups in total. The van der Waals surface area contributed by atoms with E-state index in [9.17, 15) is 9.18 Å². The third-order valence-corrected chi connectivity index (χ3v) is 4.46. The van der Waals surface area contributed by atoms with E-state index in [0.717, 1.165) is 31.9 Å². The molecule has 0 saturated carbocycles. The van der Waals surface area contributed by atoms with Crippen molar-refractivity contribution in [3.63, 3.8) is 0 Å². The fourth-order valence-corrected chi connectivity index (χ4v) is 2.87. The minimum absolute atomic E-state index is 0.0330. The molecule has 1 aliphatic rings. The number of hydrogen-bond acceptors (Lipinski definition) is 3. The molecule has 0 unspecified atom stereocenters. The van der Waals surface area contributed by atoms with E-state index in [1.807, 2.05) is 24.3 Å². The van der Waals surface area contributed by atoms with Crippen molar-refractivity contribution in [3.8, 4) is 0 Å². The molecule has 25 heavy (non-hydrogen) atoms. The van der Waals surface area contributed by atoms with E-state index in [4.69, 9.17) is 11.6 Å². The third kappa shape index (κ3) is 4.61. The number of carbonyl (C=O) groups excluding carboxylic acids is 1. The number of nitrogens with zero attached hydrogens (tertiary/aromatic N) is 2. The summed E-state index contributed by atoms with van der Waals surface area (Å²) >= 11 is 5.70. The van der Waals surface area contributed by atoms with Gasteiger partial charge < -0.3 is 20.4 Å². The summed E-state index contributed by atoms with van der Waals surface area (Å²) in [6, 6.07) is 11.4. The molecule has 2 amide bonds. The van der Waals surface area contributed by atoms with Gasteiger partial charge >= 0.3 is 6.03 Å². The first kappa shape index (κ1) is 17.5. The first-order valence-electron chi connectivity index (χ1n) is 8.08. The van der Waals surface area contributed by atoms with Crippen LogP contribution < -0.4 is 15.5 Å². The normalized spacial score (nSPS) is 15.1. The monoisotopic (exact) mass is 362 g/mol. The number of nitrogens with one attached hydrogen (secondary N) is 2. The molecule has 0 atom stereocenters. The van der Waals surface area contributed by atoms with Gasteiger partial charge in [0.25, 0.3) is 0 Å². The summed E-state index contributed by atoms with van der Waals surface area (Å²) in [4.78, 5) is 16.7. The zero-order chi connectivity index (χ0) is 17.8. The van der Waals surface area contributed by atoms with Crippen LogP contribution in [0.3, 0.4) is 0 Å². The van der Waals surface area contributed by atoms with Crippen LogP contribution in [0, 0.1) is 5.82 Å². The lowest BCUT2D eigenvalue weighted by atomic mass is 10.2. The van der Waals surface area contributed by atoms with Crippen LogP contribution >= 0.6 is 11.6 Å². The van der Waals surface area contributed by atoms with E-state index in [0.29, 0.717) is 11.4 Å². The van der Waals surface area contributed by atoms with Gasteiger partial charge in [-0.15, -0.1) is 0 Å². The fraction of sp³-hybridized carbons (Fsp3) is 0.278. The molecule has 0 aromatic heterocycles. The molecule has 1 fully saturated rings. The van der Waals surface area contributed by atoms with E-state index in [1.165, 1.54) is 18.2 Å². The maximum Gasteiger partial charge on any atom is 0.323 e. The number of piperazine rings is 1. The summed E-state index contributed by atoms with van der Waals surface area (Å²) in [5.41, 5.74) is 2.26. The van der Waals surface area contributed by atoms with Crippen molar-refractivity contribution in [1.29, 1.82) is 0 Å². The standard InChI is InChI=1S/C18H20ClFN4O/c1-23-8-10-24(11-9-23)15-5-2-13(3-6-15)21-18(25)22-14-4-7-17(20)16(19)12-14/h2-7,12H,8-11H2,1H3,(H2,21,22,25). The van der Waals surface area contributed by atoms with Crippen molar-refractivity contribution >= 4 is 34.7 Å². The van der Waals surface area contributed by atoms with Crippen molar-refractivity contribution in [1.82, 2.24) is 4.90 Å². The van der Waals surface area contributed by atoms with Crippen molar-refractivity contribution in [2.24, 2.45) is 0 Å². The number of anilines is 3. The quantitative estimate of drug-likeness (QED) is 0.871. The summed E-state index contributed by atoms with van der Waals surface area (Å²) in [5.74, 6) is -0.521. The van der Waals surface area contributed by atoms with Gasteiger partial charge in [-0.2, -0.15) is 0 Å². The van der Waals surface area contributed by atoms with E-state index < -0.39 is 11.8 Å². The SMILES string of the molecule is CN1CCN(c2ccc(NC(=O)Nc3ccc(F)c(Cl)c3)cc2)CC1. The summed E-state index contributed by atoms with van der Waals surface area (Å²) in [5, 5.41) is 5.34. The predicted molar refractivity (Wildman–Crippen MR) is 100 cm³/mol. The molecule has 132 valence electrons. The van der Waals surface area contributed by atoms with E-state index in [-0.39, 0.29) is 5.02 Å². The van der Waals surface area contributed by atoms with Gasteiger partial charge in [-0.3, -0.25) is 0 Å². The highest BCUT2D eigenvalue weighted by molar-refractivity contribution is 6.31. The molecule has 0 bridgehead atoms. The van der Waals surface area contributed by atoms with Gasteiger partial charge in [0.05, 0.1) is 5.02 Å². The Hall–Kier alpha value is -2.31. The Kier molecular flexibility index (Phi) is 5.40. The van der Waals surface area contributed by atoms with Gasteiger partial charge in [-0.1, -0.05) is 11.6 Å². The number of benzene rings is 2. The van der Waals surface area contributed by atoms with Crippen LogP contribution in [0.2, 0.25) is 5.02 Å². The lowest BCUT2D eigenvalue weighted by Crippen LogP contribution is -2.44. The molecule has 0 radical (unpaired) electrons. The molecule has 0 aliphatic carbocycles. The molecule has 1 saturated heterocycles. The van der Waals surface area contributed by atoms with Crippen molar-refractivity contribution in [3.05, 3.63) is 53.3 Å². The first-order chi connectivity index (χ1) is 12.0. The molecule has 5 nitrogen and oxygen atoms in total. The Bertz CT molecular complexity index is 745. The van der Waals surface area contributed by atoms with Crippen LogP contribution in [0.5, 0.6) is 0 Å². The van der Waals surface area contributed by atoms with Crippen molar-refractivity contribution in [2.75, 3.05) is 48.8 Å². The number of carbonyl (C=O) groups is 1. The van der Waals surface area contributed by atoms with Crippen molar-refractivity contribution in [2.45, 2.75) is 0 Å². The van der Waals surface area contributed by atoms with E-state index >= 15 is 0 Å². The van der Waals surface area contributed by atoms with E-state index in [2.05, 4.69) is 27.5 Å². The van der Waals surface area contributed by atoms with Gasteiger partial charge in [0.2, 0.25) is 0 Å². The Morgan fingerprint density at radius 1 is 1.00 bits per heavy atom. The second-order valence-corrected chi connectivity index (χ2v) is 6.45. The lowest BCUT2D eigenvalue weighted by Gasteiger charge is -2.34. The first-order valence-corrected chi connectivity index (χ1v) is 8.46. The van der Waals surface area contributed by atoms with Crippen LogP contribution in [0.25, 0.3) is 0 Å². The van der Waals surface area contributed by atoms with Gasteiger partial charge in [-0.05, 0) is 49.5 Å². The second-order valence-electron chi connectivity index (χ2n) is 6.05. The minimum Gasteiger partial charge on any atom is -0.369 e. The molecule has 2 aromatic carbocycles. The number of rotatable bonds is 3. The molecule has 1 heterocycles. The highest BCUT2D eigenvalue weighted by Gasteiger charge is 2.14. The fourth-order valence-electron chi connectivity index (χ4n) is 2.69. The Morgan fingerprint density at radius 2 is 1.60 bits per heavy atom. The molecule has 1 aliphatic heterocycles. The van der Waals surface area contributed by atoms with Gasteiger partial charge in [0.15, 0.2) is 0 Å². The minimum atomic E-state index is -0.521. The van der Waals surface area contributed by atoms with Gasteiger partial charge in [0.1, 0.15) is 5.82 Å². The van der Waals surface area contributed by atoms with E-state index in [1.54, 1.807) is 0 Å². The van der Waals surface area contributed by atoms with Crippen LogP contribution in [-0.4, -0.2) is 44.2 Å². The topological polar surface area (TPSA) is 47.6 Å². The summed E-state index contributed by atoms with van der Waals surface area (Å²) in [6.07, 6.45) is 0. The average Bonchev–Trinajstić information content (AvgIpc) is 2.60. The molecule has 7 heteroatoms. The number of urea groups is 1. The van der Waals surface area contributed by atoms with Crippen LogP contribution in [0.1, 0.15) is 0 Å². The molecular formula is C18H20ClFN4O. The number of likely N-dealkylation sites (N-methyl/N-ethyl adjacent to an activating group) is 1. The lowest BCUT2D eigenvalue weighted by molar-refractivity contribution is 0.262. The number of hydrogen-bond donors (Lipinski definition) is 2. The van der Waals surface area contributed by atoms with Crippen LogP contribution in [-0.2, 0) is 0 Å². The molecule has 3 rings (SSSR count). The molecule has 0 spiro atoms. The maximum absolute atomic E-state index is 13.1. The number of halogens is 2. The smallest absolute Gasteiger partial charge is 0.323 e. The highest BCUT2D eigenvalue weighted by atomic mass is 35.5. The largest absolute Gasteiger partial charge is 0.369 e. The zero-order valence-corrected chi connectivity index (χ0v) is 14.7. The zero-order valence-electron chi connectivity index (χ0n) is 13.9. The summed E-state index contributed by atoms with van der Waals surface area (Å²) in [7, 11) is 2.12. The Balaban J connectivity index is 1.57. The molecule has 2 aromatic rings. The maximum atomic E-state index is 13.1. The Labute approximate surface area is 151 Å². The van der Waals surface area contributed by atoms with Gasteiger partial charge in [-0.25, -0.2) is 9.18 Å².